The quantitative estimate of drug-likeness (QED) is 0.170. The molecule has 87 heavy (non-hydrogen) atoms. The number of ketones is 1. The topological polar surface area (TPSA) is 117 Å². The number of piperazine rings is 2. The highest BCUT2D eigenvalue weighted by Crippen LogP contribution is 2.70. The van der Waals surface area contributed by atoms with E-state index >= 15 is 0 Å². The Balaban J connectivity index is 0.000000124. The number of nitrogens with one attached hydrogen (secondary N) is 1. The maximum atomic E-state index is 13.5. The molecule has 0 aromatic heterocycles. The highest BCUT2D eigenvalue weighted by Gasteiger charge is 2.63. The lowest BCUT2D eigenvalue weighted by atomic mass is 9.40. The van der Waals surface area contributed by atoms with Crippen LogP contribution < -0.4 is 5.32 Å². The normalized spacial score (nSPS) is 35.7. The minimum Gasteiger partial charge on any atom is -0.347 e. The second-order valence-electron chi connectivity index (χ2n) is 32.2. The number of benzene rings is 3. The minimum atomic E-state index is -0.188. The number of carbonyl (C=O) groups excluding carboxylic acids is 5. The van der Waals surface area contributed by atoms with E-state index < -0.39 is 0 Å². The van der Waals surface area contributed by atoms with Gasteiger partial charge in [-0.2, -0.15) is 0 Å². The number of carbonyl (C=O) groups is 5. The van der Waals surface area contributed by atoms with E-state index in [-0.39, 0.29) is 41.1 Å². The molecule has 15 aliphatic rings. The number of Topliss-reactive ketones (excluding diaryl/α,β-unsaturated/α-hetero) is 1. The predicted molar refractivity (Wildman–Crippen MR) is 343 cm³/mol. The summed E-state index contributed by atoms with van der Waals surface area (Å²) in [5.41, 5.74) is 4.87. The Hall–Kier alpha value is -4.91. The summed E-state index contributed by atoms with van der Waals surface area (Å²) in [6.45, 7) is 16.6. The van der Waals surface area contributed by atoms with Gasteiger partial charge in [0.2, 0.25) is 23.6 Å². The van der Waals surface area contributed by atoms with E-state index in [1.54, 1.807) is 0 Å². The van der Waals surface area contributed by atoms with Crippen LogP contribution in [-0.4, -0.2) is 151 Å². The summed E-state index contributed by atoms with van der Waals surface area (Å²) >= 11 is 0. The summed E-state index contributed by atoms with van der Waals surface area (Å²) in [5, 5.41) is 3.08. The van der Waals surface area contributed by atoms with Crippen molar-refractivity contribution in [3.05, 3.63) is 108 Å². The van der Waals surface area contributed by atoms with E-state index in [9.17, 15) is 24.0 Å². The zero-order chi connectivity index (χ0) is 60.0. The van der Waals surface area contributed by atoms with Crippen LogP contribution in [-0.2, 0) is 30.5 Å². The molecule has 2 atom stereocenters. The molecule has 15 fully saturated rings. The van der Waals surface area contributed by atoms with Crippen molar-refractivity contribution in [1.82, 2.24) is 34.7 Å². The Morgan fingerprint density at radius 3 is 1.51 bits per heavy atom. The van der Waals surface area contributed by atoms with E-state index in [1.165, 1.54) is 100 Å². The maximum Gasteiger partial charge on any atom is 0.242 e. The van der Waals surface area contributed by atoms with Crippen molar-refractivity contribution >= 4 is 29.4 Å². The van der Waals surface area contributed by atoms with Gasteiger partial charge in [0, 0.05) is 103 Å². The van der Waals surface area contributed by atoms with Gasteiger partial charge in [0.15, 0.2) is 0 Å². The molecule has 12 nitrogen and oxygen atoms in total. The lowest BCUT2D eigenvalue weighted by Crippen LogP contribution is -2.60. The first-order valence-electron chi connectivity index (χ1n) is 34.9. The molecule has 12 aliphatic carbocycles. The van der Waals surface area contributed by atoms with Gasteiger partial charge in [-0.25, -0.2) is 0 Å². The van der Waals surface area contributed by atoms with Crippen LogP contribution in [0.25, 0.3) is 0 Å². The Morgan fingerprint density at radius 2 is 0.966 bits per heavy atom. The summed E-state index contributed by atoms with van der Waals surface area (Å²) in [6, 6.07) is 32.0. The predicted octanol–water partition coefficient (Wildman–Crippen LogP) is 11.7. The second kappa shape index (κ2) is 25.4. The van der Waals surface area contributed by atoms with Crippen LogP contribution in [0.1, 0.15) is 178 Å². The van der Waals surface area contributed by atoms with Gasteiger partial charge in [0.05, 0.1) is 18.0 Å². The lowest BCUT2D eigenvalue weighted by molar-refractivity contribution is -0.179. The second-order valence-corrected chi connectivity index (χ2v) is 32.2. The van der Waals surface area contributed by atoms with Crippen LogP contribution >= 0.6 is 0 Å². The smallest absolute Gasteiger partial charge is 0.242 e. The van der Waals surface area contributed by atoms with Gasteiger partial charge in [-0.3, -0.25) is 33.8 Å². The zero-order valence-electron chi connectivity index (χ0n) is 53.5. The van der Waals surface area contributed by atoms with Gasteiger partial charge in [-0.1, -0.05) is 105 Å². The highest BCUT2D eigenvalue weighted by atomic mass is 16.2. The Labute approximate surface area is 521 Å². The van der Waals surface area contributed by atoms with Crippen LogP contribution in [0.4, 0.5) is 0 Å². The number of rotatable bonds is 14. The average Bonchev–Trinajstić information content (AvgIpc) is 0.880. The molecule has 1 N–H and O–H groups in total. The highest BCUT2D eigenvalue weighted by molar-refractivity contribution is 5.88. The number of nitrogens with zero attached hydrogens (tertiary/aromatic N) is 6. The molecule has 12 saturated carbocycles. The number of hydrogen-bond acceptors (Lipinski definition) is 8. The van der Waals surface area contributed by atoms with Crippen LogP contribution in [0.3, 0.4) is 0 Å². The Morgan fingerprint density at radius 1 is 0.483 bits per heavy atom. The first kappa shape index (κ1) is 61.0. The van der Waals surface area contributed by atoms with Crippen molar-refractivity contribution in [2.45, 2.75) is 168 Å². The van der Waals surface area contributed by atoms with Crippen LogP contribution in [0, 0.1) is 68.5 Å². The van der Waals surface area contributed by atoms with Crippen molar-refractivity contribution in [3.8, 4) is 0 Å². The largest absolute Gasteiger partial charge is 0.347 e. The average molecular weight is 1180 g/mol. The number of hydrogen-bond donors (Lipinski definition) is 1. The molecule has 0 spiro atoms. The third kappa shape index (κ3) is 13.7. The number of likely N-dealkylation sites (N-methyl/N-ethyl adjacent to an activating group) is 1. The molecule has 3 aliphatic heterocycles. The summed E-state index contributed by atoms with van der Waals surface area (Å²) in [5.74, 6) is 6.91. The molecule has 3 heterocycles. The maximum absolute atomic E-state index is 13.5. The first-order valence-corrected chi connectivity index (χ1v) is 34.9. The third-order valence-electron chi connectivity index (χ3n) is 24.6. The van der Waals surface area contributed by atoms with E-state index in [0.29, 0.717) is 53.9 Å². The first-order chi connectivity index (χ1) is 42.0. The molecule has 470 valence electrons. The standard InChI is InChI=1S/C30H37N3O2.C26H36N2O2.C19H32N2O/c34-27(21-31-29(35)30-18-22-15-23(19-30)17-24(16-22)20-30)32-11-13-33(14-12-32)28(25-7-3-1-4-8-25)26-9-5-2-6-10-26;29-24(18-26-15-21-12-22(16-26)14-23(13-21)17-26)6-7-25(30)28-10-8-27(9-11-28)19-20-4-2-1-3-5-20;1-17-9-15-10-18(2,12-17)14-19(11-15,13-17)16(22)21-6-4-5-20(3)7-8-21/h1-10,22-24,28H,11-21H2,(H,31,35);1-5,21-23H,6-19H2;15H,4-14H2,1-3H3. The van der Waals surface area contributed by atoms with Crippen LogP contribution in [0.15, 0.2) is 91.0 Å². The summed E-state index contributed by atoms with van der Waals surface area (Å²) in [6.07, 6.45) is 25.5. The molecule has 3 aromatic carbocycles. The summed E-state index contributed by atoms with van der Waals surface area (Å²) in [7, 11) is 2.18. The van der Waals surface area contributed by atoms with Crippen LogP contribution in [0.2, 0.25) is 0 Å². The number of amides is 4. The third-order valence-corrected chi connectivity index (χ3v) is 24.6. The van der Waals surface area contributed by atoms with E-state index in [2.05, 4.69) is 131 Å². The molecule has 4 amide bonds. The zero-order valence-corrected chi connectivity index (χ0v) is 53.5. The Kier molecular flexibility index (Phi) is 17.8. The van der Waals surface area contributed by atoms with Gasteiger partial charge in [-0.05, 0) is 210 Å². The molecular weight excluding hydrogens is 1080 g/mol. The van der Waals surface area contributed by atoms with Gasteiger partial charge < -0.3 is 24.9 Å². The van der Waals surface area contributed by atoms with Gasteiger partial charge in [0.25, 0.3) is 0 Å². The molecule has 12 heteroatoms. The molecular formula is C75H105N7O5. The molecule has 3 aromatic rings. The Bertz CT molecular complexity index is 2770. The summed E-state index contributed by atoms with van der Waals surface area (Å²) < 4.78 is 0. The van der Waals surface area contributed by atoms with Gasteiger partial charge in [0.1, 0.15) is 5.78 Å². The van der Waals surface area contributed by atoms with Crippen molar-refractivity contribution < 1.29 is 24.0 Å². The fourth-order valence-electron chi connectivity index (χ4n) is 22.6. The molecule has 12 bridgehead atoms. The molecule has 18 rings (SSSR count). The van der Waals surface area contributed by atoms with Crippen molar-refractivity contribution in [3.63, 3.8) is 0 Å². The molecule has 2 unspecified atom stereocenters. The van der Waals surface area contributed by atoms with E-state index in [1.807, 2.05) is 15.9 Å². The van der Waals surface area contributed by atoms with E-state index in [0.717, 1.165) is 158 Å². The van der Waals surface area contributed by atoms with Gasteiger partial charge in [-0.15, -0.1) is 0 Å². The SMILES string of the molecule is CN1CCCN(C(=O)C23CC4CC(C)(CC(C)(C4)C2)C3)CC1.O=C(CCC(=O)N1CCN(Cc2ccccc2)CC1)CC12CC3CC(CC(C3)C1)C2.O=C(CNC(=O)C12CC3CC(CC(C3)C1)C2)N1CCN(C(c2ccccc2)c2ccccc2)CC1. The summed E-state index contributed by atoms with van der Waals surface area (Å²) in [4.78, 5) is 78.7. The monoisotopic (exact) mass is 1180 g/mol. The fourth-order valence-corrected chi connectivity index (χ4v) is 22.6. The van der Waals surface area contributed by atoms with Crippen LogP contribution in [0.5, 0.6) is 0 Å². The fraction of sp³-hybridized carbons (Fsp3) is 0.693. The molecule has 0 radical (unpaired) electrons. The van der Waals surface area contributed by atoms with Gasteiger partial charge >= 0.3 is 0 Å². The molecule has 3 saturated heterocycles. The van der Waals surface area contributed by atoms with Crippen molar-refractivity contribution in [2.24, 2.45) is 68.5 Å². The minimum absolute atomic E-state index is 0.00811. The van der Waals surface area contributed by atoms with Crippen molar-refractivity contribution in [2.75, 3.05) is 92.1 Å². The van der Waals surface area contributed by atoms with Crippen molar-refractivity contribution in [1.29, 1.82) is 0 Å². The lowest BCUT2D eigenvalue weighted by Gasteiger charge is -2.65. The van der Waals surface area contributed by atoms with E-state index in [4.69, 9.17) is 0 Å².